The third-order valence-corrected chi connectivity index (χ3v) is 13.2. The summed E-state index contributed by atoms with van der Waals surface area (Å²) in [5.41, 5.74) is 0. The maximum absolute atomic E-state index is 12.5. The van der Waals surface area contributed by atoms with Gasteiger partial charge in [0.25, 0.3) is 0 Å². The van der Waals surface area contributed by atoms with Crippen LogP contribution in [-0.2, 0) is 14.3 Å². The van der Waals surface area contributed by atoms with Crippen LogP contribution in [0.4, 0.5) is 0 Å². The van der Waals surface area contributed by atoms with E-state index in [2.05, 4.69) is 31.3 Å². The molecule has 0 aromatic carbocycles. The van der Waals surface area contributed by atoms with Gasteiger partial charge in [-0.2, -0.15) is 0 Å². The van der Waals surface area contributed by atoms with E-state index >= 15 is 0 Å². The molecule has 378 valence electrons. The van der Waals surface area contributed by atoms with Crippen molar-refractivity contribution in [1.29, 1.82) is 0 Å². The van der Waals surface area contributed by atoms with Gasteiger partial charge >= 0.3 is 5.97 Å². The predicted octanol–water partition coefficient (Wildman–Crippen LogP) is 17.5. The van der Waals surface area contributed by atoms with Crippen LogP contribution in [-0.4, -0.2) is 47.4 Å². The normalized spacial score (nSPS) is 12.8. The van der Waals surface area contributed by atoms with Crippen LogP contribution in [0, 0.1) is 0 Å². The smallest absolute Gasteiger partial charge is 0.305 e. The summed E-state index contributed by atoms with van der Waals surface area (Å²) >= 11 is 0. The van der Waals surface area contributed by atoms with Crippen LogP contribution in [0.2, 0.25) is 0 Å². The lowest BCUT2D eigenvalue weighted by atomic mass is 10.0. The quantitative estimate of drug-likeness (QED) is 0.0321. The van der Waals surface area contributed by atoms with E-state index in [9.17, 15) is 19.8 Å². The van der Waals surface area contributed by atoms with E-state index in [1.54, 1.807) is 6.08 Å². The van der Waals surface area contributed by atoms with Crippen LogP contribution in [0.3, 0.4) is 0 Å². The number of allylic oxidation sites excluding steroid dienone is 3. The van der Waals surface area contributed by atoms with Crippen LogP contribution in [0.5, 0.6) is 0 Å². The molecule has 1 amide bonds. The van der Waals surface area contributed by atoms with Crippen LogP contribution >= 0.6 is 0 Å². The number of rotatable bonds is 53. The number of carbonyl (C=O) groups excluding carboxylic acids is 2. The molecule has 2 unspecified atom stereocenters. The molecular weight excluding hydrogens is 791 g/mol. The first-order chi connectivity index (χ1) is 31.5. The van der Waals surface area contributed by atoms with Crippen molar-refractivity contribution >= 4 is 11.9 Å². The first-order valence-corrected chi connectivity index (χ1v) is 28.6. The molecule has 2 atom stereocenters. The van der Waals surface area contributed by atoms with E-state index in [-0.39, 0.29) is 18.5 Å². The lowest BCUT2D eigenvalue weighted by Crippen LogP contribution is -2.45. The number of esters is 1. The molecule has 0 rings (SSSR count). The Morgan fingerprint density at radius 1 is 0.422 bits per heavy atom. The number of hydrogen-bond donors (Lipinski definition) is 3. The number of amides is 1. The van der Waals surface area contributed by atoms with Crippen LogP contribution < -0.4 is 5.32 Å². The monoisotopic (exact) mass is 902 g/mol. The Morgan fingerprint density at radius 2 is 0.734 bits per heavy atom. The molecule has 0 aromatic heterocycles. The Hall–Kier alpha value is -1.66. The topological polar surface area (TPSA) is 95.9 Å². The summed E-state index contributed by atoms with van der Waals surface area (Å²) in [6.07, 6.45) is 64.9. The lowest BCUT2D eigenvalue weighted by Gasteiger charge is -2.20. The van der Waals surface area contributed by atoms with E-state index in [1.165, 1.54) is 205 Å². The molecule has 0 aliphatic rings. The number of hydrogen-bond acceptors (Lipinski definition) is 5. The van der Waals surface area contributed by atoms with E-state index in [1.807, 2.05) is 6.08 Å². The Bertz CT molecular complexity index is 997. The average Bonchev–Trinajstić information content (AvgIpc) is 3.29. The van der Waals surface area contributed by atoms with Crippen molar-refractivity contribution in [3.63, 3.8) is 0 Å². The second kappa shape index (κ2) is 54.0. The molecular formula is C58H111NO5. The molecule has 6 nitrogen and oxygen atoms in total. The lowest BCUT2D eigenvalue weighted by molar-refractivity contribution is -0.143. The molecule has 0 aliphatic carbocycles. The summed E-state index contributed by atoms with van der Waals surface area (Å²) in [4.78, 5) is 24.5. The van der Waals surface area contributed by atoms with Gasteiger partial charge in [0.15, 0.2) is 0 Å². The van der Waals surface area contributed by atoms with Gasteiger partial charge < -0.3 is 20.3 Å². The van der Waals surface area contributed by atoms with Crippen LogP contribution in [0.15, 0.2) is 24.3 Å². The summed E-state index contributed by atoms with van der Waals surface area (Å²) in [6.45, 7) is 4.84. The zero-order chi connectivity index (χ0) is 46.5. The van der Waals surface area contributed by atoms with Crippen molar-refractivity contribution < 1.29 is 24.5 Å². The molecule has 0 fully saturated rings. The van der Waals surface area contributed by atoms with E-state index in [0.29, 0.717) is 19.4 Å². The van der Waals surface area contributed by atoms with Gasteiger partial charge in [0.2, 0.25) is 5.91 Å². The molecule has 0 heterocycles. The predicted molar refractivity (Wildman–Crippen MR) is 278 cm³/mol. The first-order valence-electron chi connectivity index (χ1n) is 28.6. The van der Waals surface area contributed by atoms with Gasteiger partial charge in [-0.3, -0.25) is 9.59 Å². The van der Waals surface area contributed by atoms with Gasteiger partial charge in [0.05, 0.1) is 25.4 Å². The van der Waals surface area contributed by atoms with E-state index in [0.717, 1.165) is 77.0 Å². The van der Waals surface area contributed by atoms with Gasteiger partial charge in [-0.1, -0.05) is 263 Å². The van der Waals surface area contributed by atoms with Crippen molar-refractivity contribution in [3.8, 4) is 0 Å². The van der Waals surface area contributed by atoms with Gasteiger partial charge in [0, 0.05) is 12.8 Å². The maximum atomic E-state index is 12.5. The highest BCUT2D eigenvalue weighted by Gasteiger charge is 2.18. The van der Waals surface area contributed by atoms with Crippen molar-refractivity contribution in [2.45, 2.75) is 321 Å². The number of unbranched alkanes of at least 4 members (excludes halogenated alkanes) is 40. The summed E-state index contributed by atoms with van der Waals surface area (Å²) in [7, 11) is 0. The molecule has 0 saturated carbocycles. The summed E-state index contributed by atoms with van der Waals surface area (Å²) in [5.74, 6) is -0.135. The second-order valence-electron chi connectivity index (χ2n) is 19.6. The third-order valence-electron chi connectivity index (χ3n) is 13.2. The van der Waals surface area contributed by atoms with Gasteiger partial charge in [-0.25, -0.2) is 0 Å². The molecule has 3 N–H and O–H groups in total. The number of aliphatic hydroxyl groups is 2. The molecule has 0 spiro atoms. The van der Waals surface area contributed by atoms with Gasteiger partial charge in [0.1, 0.15) is 0 Å². The van der Waals surface area contributed by atoms with Crippen molar-refractivity contribution in [2.24, 2.45) is 0 Å². The fraction of sp³-hybridized carbons (Fsp3) is 0.897. The Labute approximate surface area is 399 Å². The average molecular weight is 903 g/mol. The largest absolute Gasteiger partial charge is 0.466 e. The minimum Gasteiger partial charge on any atom is -0.466 e. The molecule has 0 bridgehead atoms. The van der Waals surface area contributed by atoms with Gasteiger partial charge in [-0.05, 0) is 57.8 Å². The fourth-order valence-electron chi connectivity index (χ4n) is 8.81. The first kappa shape index (κ1) is 62.3. The minimum absolute atomic E-state index is 0.0340. The van der Waals surface area contributed by atoms with Crippen LogP contribution in [0.1, 0.15) is 309 Å². The molecule has 0 saturated heterocycles. The standard InChI is InChI=1S/C58H111NO5/c1-3-5-7-9-11-13-15-17-19-21-22-23-25-26-28-30-34-38-42-46-50-56(61)55(54-60)59-57(62)51-47-43-39-35-32-33-37-41-45-49-53-64-58(63)52-48-44-40-36-31-29-27-24-20-18-16-14-12-10-8-6-4-2/h33,37,46,50,55-56,60-61H,3-32,34-36,38-45,47-49,51-54H2,1-2H3,(H,59,62)/b37-33-,50-46+. The number of aliphatic hydroxyl groups excluding tert-OH is 2. The number of carbonyl (C=O) groups is 2. The van der Waals surface area contributed by atoms with Crippen molar-refractivity contribution in [3.05, 3.63) is 24.3 Å². The zero-order valence-electron chi connectivity index (χ0n) is 43.0. The van der Waals surface area contributed by atoms with Crippen molar-refractivity contribution in [2.75, 3.05) is 13.2 Å². The zero-order valence-corrected chi connectivity index (χ0v) is 43.0. The Balaban J connectivity index is 3.53. The highest BCUT2D eigenvalue weighted by atomic mass is 16.5. The minimum atomic E-state index is -0.866. The molecule has 0 aliphatic heterocycles. The Morgan fingerprint density at radius 3 is 1.11 bits per heavy atom. The molecule has 64 heavy (non-hydrogen) atoms. The maximum Gasteiger partial charge on any atom is 0.305 e. The number of ether oxygens (including phenoxy) is 1. The molecule has 6 heteroatoms. The molecule has 0 aromatic rings. The van der Waals surface area contributed by atoms with E-state index < -0.39 is 12.1 Å². The summed E-state index contributed by atoms with van der Waals surface area (Å²) in [6, 6.07) is -0.653. The highest BCUT2D eigenvalue weighted by Crippen LogP contribution is 2.17. The highest BCUT2D eigenvalue weighted by molar-refractivity contribution is 5.76. The van der Waals surface area contributed by atoms with Crippen molar-refractivity contribution in [1.82, 2.24) is 5.32 Å². The third kappa shape index (κ3) is 49.8. The fourth-order valence-corrected chi connectivity index (χ4v) is 8.81. The number of nitrogens with one attached hydrogen (secondary N) is 1. The molecule has 0 radical (unpaired) electrons. The SMILES string of the molecule is CCCCCCCCCCCCCCCCCCCC/C=C/C(O)C(CO)NC(=O)CCCCCC/C=C\CCCCOC(=O)CCCCCCCCCCCCCCCCCCC. The van der Waals surface area contributed by atoms with Gasteiger partial charge in [-0.15, -0.1) is 0 Å². The summed E-state index contributed by atoms with van der Waals surface area (Å²) in [5, 5.41) is 23.1. The Kier molecular flexibility index (Phi) is 52.6. The van der Waals surface area contributed by atoms with Crippen LogP contribution in [0.25, 0.3) is 0 Å². The van der Waals surface area contributed by atoms with E-state index in [4.69, 9.17) is 4.74 Å². The summed E-state index contributed by atoms with van der Waals surface area (Å²) < 4.78 is 5.45. The second-order valence-corrected chi connectivity index (χ2v) is 19.6.